The van der Waals surface area contributed by atoms with E-state index in [-0.39, 0.29) is 0 Å². The molecule has 2 aliphatic rings. The summed E-state index contributed by atoms with van der Waals surface area (Å²) in [5.74, 6) is 0. The Balaban J connectivity index is 1.10. The molecule has 2 atom stereocenters. The molecule has 324 valence electrons. The average molecular weight is 878 g/mol. The van der Waals surface area contributed by atoms with Crippen molar-refractivity contribution in [3.05, 3.63) is 330 Å². The summed E-state index contributed by atoms with van der Waals surface area (Å²) in [5.41, 5.74) is 22.0. The molecule has 1 nitrogen and oxygen atoms in total. The third-order valence-electron chi connectivity index (χ3n) is 14.8. The van der Waals surface area contributed by atoms with Crippen molar-refractivity contribution in [2.45, 2.75) is 10.8 Å². The molecule has 0 bridgehead atoms. The Morgan fingerprint density at radius 3 is 1.23 bits per heavy atom. The van der Waals surface area contributed by atoms with Gasteiger partial charge in [0.2, 0.25) is 0 Å². The summed E-state index contributed by atoms with van der Waals surface area (Å²) in [5, 5.41) is 0. The molecule has 1 heteroatoms. The van der Waals surface area contributed by atoms with Crippen molar-refractivity contribution in [2.75, 3.05) is 4.90 Å². The van der Waals surface area contributed by atoms with E-state index in [9.17, 15) is 0 Å². The zero-order chi connectivity index (χ0) is 45.8. The molecule has 0 saturated heterocycles. The minimum absolute atomic E-state index is 0.519. The summed E-state index contributed by atoms with van der Waals surface area (Å²) in [6.07, 6.45) is 0. The van der Waals surface area contributed by atoms with Crippen LogP contribution in [0.3, 0.4) is 0 Å². The number of rotatable bonds is 9. The van der Waals surface area contributed by atoms with E-state index in [0.717, 1.165) is 28.2 Å². The number of anilines is 3. The molecule has 0 aliphatic heterocycles. The van der Waals surface area contributed by atoms with Gasteiger partial charge in [-0.3, -0.25) is 0 Å². The van der Waals surface area contributed by atoms with Crippen LogP contribution in [0.4, 0.5) is 17.1 Å². The summed E-state index contributed by atoms with van der Waals surface area (Å²) < 4.78 is 0. The van der Waals surface area contributed by atoms with Crippen LogP contribution in [0.5, 0.6) is 0 Å². The minimum atomic E-state index is -0.691. The molecule has 0 aromatic heterocycles. The lowest BCUT2D eigenvalue weighted by atomic mass is 9.51. The van der Waals surface area contributed by atoms with Crippen molar-refractivity contribution >= 4 is 17.1 Å². The van der Waals surface area contributed by atoms with Gasteiger partial charge < -0.3 is 4.90 Å². The van der Waals surface area contributed by atoms with Crippen molar-refractivity contribution in [3.63, 3.8) is 0 Å². The first-order chi connectivity index (χ1) is 34.2. The van der Waals surface area contributed by atoms with Gasteiger partial charge in [-0.05, 0) is 131 Å². The molecule has 13 rings (SSSR count). The summed E-state index contributed by atoms with van der Waals surface area (Å²) >= 11 is 0. The third kappa shape index (κ3) is 6.32. The monoisotopic (exact) mass is 877 g/mol. The third-order valence-corrected chi connectivity index (χ3v) is 14.8. The van der Waals surface area contributed by atoms with E-state index in [1.54, 1.807) is 0 Å². The topological polar surface area (TPSA) is 3.24 Å². The Morgan fingerprint density at radius 2 is 0.638 bits per heavy atom. The lowest BCUT2D eigenvalue weighted by Gasteiger charge is -2.49. The van der Waals surface area contributed by atoms with Crippen molar-refractivity contribution in [1.82, 2.24) is 0 Å². The fourth-order valence-corrected chi connectivity index (χ4v) is 11.9. The van der Waals surface area contributed by atoms with E-state index < -0.39 is 10.8 Å². The molecule has 0 N–H and O–H groups in total. The van der Waals surface area contributed by atoms with Crippen LogP contribution in [0.1, 0.15) is 44.5 Å². The fraction of sp³-hybridized carbons (Fsp3) is 0.0294. The Morgan fingerprint density at radius 1 is 0.217 bits per heavy atom. The number of nitrogens with zero attached hydrogens (tertiary/aromatic N) is 1. The molecular formula is C68H47N. The predicted octanol–water partition coefficient (Wildman–Crippen LogP) is 17.2. The molecule has 11 aromatic carbocycles. The first-order valence-electron chi connectivity index (χ1n) is 24.0. The first-order valence-corrected chi connectivity index (χ1v) is 24.0. The van der Waals surface area contributed by atoms with Gasteiger partial charge in [-0.2, -0.15) is 0 Å². The molecule has 0 heterocycles. The molecule has 11 aromatic rings. The second kappa shape index (κ2) is 16.5. The van der Waals surface area contributed by atoms with Gasteiger partial charge in [0.15, 0.2) is 0 Å². The van der Waals surface area contributed by atoms with E-state index in [4.69, 9.17) is 0 Å². The van der Waals surface area contributed by atoms with Gasteiger partial charge in [-0.1, -0.05) is 243 Å². The molecule has 0 spiro atoms. The zero-order valence-corrected chi connectivity index (χ0v) is 38.1. The van der Waals surface area contributed by atoms with Crippen LogP contribution < -0.4 is 4.90 Å². The summed E-state index contributed by atoms with van der Waals surface area (Å²) in [4.78, 5) is 2.46. The van der Waals surface area contributed by atoms with Crippen molar-refractivity contribution in [1.29, 1.82) is 0 Å². The molecule has 0 saturated carbocycles. The van der Waals surface area contributed by atoms with Crippen LogP contribution in [0, 0.1) is 0 Å². The van der Waals surface area contributed by atoms with Gasteiger partial charge in [0.1, 0.15) is 0 Å². The van der Waals surface area contributed by atoms with Gasteiger partial charge in [-0.15, -0.1) is 0 Å². The predicted molar refractivity (Wildman–Crippen MR) is 287 cm³/mol. The second-order valence-corrected chi connectivity index (χ2v) is 18.4. The molecule has 2 aliphatic carbocycles. The molecule has 0 fully saturated rings. The molecule has 0 radical (unpaired) electrons. The zero-order valence-electron chi connectivity index (χ0n) is 38.1. The van der Waals surface area contributed by atoms with E-state index >= 15 is 0 Å². The van der Waals surface area contributed by atoms with Gasteiger partial charge in [-0.25, -0.2) is 0 Å². The van der Waals surface area contributed by atoms with E-state index in [1.807, 2.05) is 0 Å². The maximum atomic E-state index is 2.48. The largest absolute Gasteiger partial charge is 0.310 e. The van der Waals surface area contributed by atoms with Gasteiger partial charge >= 0.3 is 0 Å². The molecule has 69 heavy (non-hydrogen) atoms. The minimum Gasteiger partial charge on any atom is -0.310 e. The number of benzene rings is 11. The first kappa shape index (κ1) is 40.5. The van der Waals surface area contributed by atoms with Crippen LogP contribution in [0.25, 0.3) is 44.5 Å². The van der Waals surface area contributed by atoms with Crippen LogP contribution in [0.15, 0.2) is 285 Å². The number of hydrogen-bond donors (Lipinski definition) is 0. The fourth-order valence-electron chi connectivity index (χ4n) is 11.9. The maximum Gasteiger partial charge on any atom is 0.0720 e. The lowest BCUT2D eigenvalue weighted by Crippen LogP contribution is -2.44. The SMILES string of the molecule is c1ccc(-c2ccc(N(c3cc(-c4ccccc4)cc(-c4ccccc4)c3)c3cccc(C4(c5ccccc5)c5ccccc5C5(c6ccccc6)c6ccccc6-c6cccc4c65)c3)cc2)cc1. The maximum absolute atomic E-state index is 2.48. The van der Waals surface area contributed by atoms with Gasteiger partial charge in [0.05, 0.1) is 10.8 Å². The molecule has 2 unspecified atom stereocenters. The van der Waals surface area contributed by atoms with Gasteiger partial charge in [0, 0.05) is 17.1 Å². The van der Waals surface area contributed by atoms with Gasteiger partial charge in [0.25, 0.3) is 0 Å². The highest BCUT2D eigenvalue weighted by molar-refractivity contribution is 5.92. The Labute approximate surface area is 404 Å². The van der Waals surface area contributed by atoms with Crippen LogP contribution in [0.2, 0.25) is 0 Å². The Bertz CT molecular complexity index is 3580. The smallest absolute Gasteiger partial charge is 0.0720 e. The van der Waals surface area contributed by atoms with E-state index in [0.29, 0.717) is 0 Å². The highest BCUT2D eigenvalue weighted by Gasteiger charge is 2.57. The number of fused-ring (bicyclic) bond motifs is 5. The summed E-state index contributed by atoms with van der Waals surface area (Å²) in [6.45, 7) is 0. The van der Waals surface area contributed by atoms with Crippen molar-refractivity contribution < 1.29 is 0 Å². The standard InChI is InChI=1S/C68H47N/c1-6-22-48(23-7-1)51-40-42-57(43-41-51)69(59-45-52(49-24-8-2-9-25-49)44-53(46-59)50-26-10-3-11-27-50)58-33-20-32-56(47-58)67(54-28-12-4-13-29-54)63-37-18-19-38-64(63)68(55-30-14-5-15-31-55)62-36-17-16-34-60(62)61-35-21-39-65(67)66(61)68/h1-47H. The quantitative estimate of drug-likeness (QED) is 0.140. The Kier molecular flexibility index (Phi) is 9.70. The summed E-state index contributed by atoms with van der Waals surface area (Å²) in [6, 6.07) is 106. The van der Waals surface area contributed by atoms with Crippen molar-refractivity contribution in [2.24, 2.45) is 0 Å². The lowest BCUT2D eigenvalue weighted by molar-refractivity contribution is 0.627. The van der Waals surface area contributed by atoms with E-state index in [2.05, 4.69) is 290 Å². The normalized spacial score (nSPS) is 16.2. The average Bonchev–Trinajstić information content (AvgIpc) is 3.75. The summed E-state index contributed by atoms with van der Waals surface area (Å²) in [7, 11) is 0. The van der Waals surface area contributed by atoms with Crippen LogP contribution in [-0.2, 0) is 10.8 Å². The second-order valence-electron chi connectivity index (χ2n) is 18.4. The molecular weight excluding hydrogens is 831 g/mol. The molecule has 0 amide bonds. The van der Waals surface area contributed by atoms with Crippen molar-refractivity contribution in [3.8, 4) is 44.5 Å². The highest BCUT2D eigenvalue weighted by Crippen LogP contribution is 2.66. The van der Waals surface area contributed by atoms with E-state index in [1.165, 1.54) is 77.9 Å². The highest BCUT2D eigenvalue weighted by atomic mass is 15.1. The van der Waals surface area contributed by atoms with Crippen LogP contribution >= 0.6 is 0 Å². The number of hydrogen-bond acceptors (Lipinski definition) is 1. The van der Waals surface area contributed by atoms with Crippen LogP contribution in [-0.4, -0.2) is 0 Å². The Hall–Kier alpha value is -8.78.